The molecule has 1 aliphatic carbocycles. The van der Waals surface area contributed by atoms with Crippen molar-refractivity contribution in [1.29, 1.82) is 0 Å². The molecule has 1 aliphatic rings. The average Bonchev–Trinajstić information content (AvgIpc) is 2.48. The first-order chi connectivity index (χ1) is 7.16. The van der Waals surface area contributed by atoms with Gasteiger partial charge in [-0.15, -0.1) is 0 Å². The minimum atomic E-state index is 0.775. The van der Waals surface area contributed by atoms with Crippen LogP contribution in [0.25, 0.3) is 0 Å². The fourth-order valence-corrected chi connectivity index (χ4v) is 3.05. The molecule has 1 N–H and O–H groups in total. The first kappa shape index (κ1) is 11.2. The lowest BCUT2D eigenvalue weighted by Crippen LogP contribution is -2.42. The van der Waals surface area contributed by atoms with E-state index in [4.69, 9.17) is 0 Å². The summed E-state index contributed by atoms with van der Waals surface area (Å²) in [6.07, 6.45) is 2.75. The second kappa shape index (κ2) is 4.67. The molecule has 2 rings (SSSR count). The third kappa shape index (κ3) is 2.61. The Kier molecular flexibility index (Phi) is 3.47. The molecule has 0 aliphatic heterocycles. The van der Waals surface area contributed by atoms with E-state index >= 15 is 0 Å². The van der Waals surface area contributed by atoms with Crippen molar-refractivity contribution < 1.29 is 0 Å². The summed E-state index contributed by atoms with van der Waals surface area (Å²) in [5.74, 6) is 1.83. The van der Waals surface area contributed by atoms with Gasteiger partial charge in [0, 0.05) is 12.6 Å². The smallest absolute Gasteiger partial charge is 0.0218 e. The molecule has 1 heterocycles. The van der Waals surface area contributed by atoms with Crippen LogP contribution in [-0.4, -0.2) is 6.04 Å². The zero-order valence-corrected chi connectivity index (χ0v) is 10.7. The molecule has 15 heavy (non-hydrogen) atoms. The lowest BCUT2D eigenvalue weighted by Gasteiger charge is -2.38. The highest BCUT2D eigenvalue weighted by Gasteiger charge is 2.30. The van der Waals surface area contributed by atoms with Crippen LogP contribution < -0.4 is 5.32 Å². The Balaban J connectivity index is 1.71. The Morgan fingerprint density at radius 2 is 2.13 bits per heavy atom. The van der Waals surface area contributed by atoms with Crippen molar-refractivity contribution in [3.8, 4) is 0 Å². The van der Waals surface area contributed by atoms with Gasteiger partial charge in [0.15, 0.2) is 0 Å². The Labute approximate surface area is 96.9 Å². The summed E-state index contributed by atoms with van der Waals surface area (Å²) in [5.41, 5.74) is 2.92. The van der Waals surface area contributed by atoms with Crippen LogP contribution >= 0.6 is 11.3 Å². The van der Waals surface area contributed by atoms with Crippen molar-refractivity contribution in [2.75, 3.05) is 0 Å². The van der Waals surface area contributed by atoms with Crippen LogP contribution in [0.1, 0.15) is 37.8 Å². The van der Waals surface area contributed by atoms with Crippen LogP contribution in [0.15, 0.2) is 10.8 Å². The van der Waals surface area contributed by atoms with Gasteiger partial charge in [0.2, 0.25) is 0 Å². The van der Waals surface area contributed by atoms with Gasteiger partial charge in [-0.2, -0.15) is 11.3 Å². The SMILES string of the molecule is Cc1cscc1CNC1CC(C(C)C)C1. The normalized spacial score (nSPS) is 25.6. The molecule has 84 valence electrons. The zero-order chi connectivity index (χ0) is 10.8. The number of rotatable bonds is 4. The minimum Gasteiger partial charge on any atom is -0.310 e. The van der Waals surface area contributed by atoms with E-state index in [1.807, 2.05) is 11.3 Å². The van der Waals surface area contributed by atoms with E-state index in [0.717, 1.165) is 24.4 Å². The second-order valence-electron chi connectivity index (χ2n) is 5.13. The topological polar surface area (TPSA) is 12.0 Å². The Bertz CT molecular complexity index is 310. The average molecular weight is 223 g/mol. The molecule has 1 fully saturated rings. The highest BCUT2D eigenvalue weighted by Crippen LogP contribution is 2.33. The number of hydrogen-bond donors (Lipinski definition) is 1. The van der Waals surface area contributed by atoms with Crippen LogP contribution in [0.5, 0.6) is 0 Å². The number of aryl methyl sites for hydroxylation is 1. The molecule has 1 aromatic rings. The molecular weight excluding hydrogens is 202 g/mol. The predicted octanol–water partition coefficient (Wildman–Crippen LogP) is 3.58. The molecule has 1 saturated carbocycles. The maximum atomic E-state index is 3.65. The Morgan fingerprint density at radius 1 is 1.40 bits per heavy atom. The summed E-state index contributed by atoms with van der Waals surface area (Å²) in [5, 5.41) is 8.15. The van der Waals surface area contributed by atoms with Crippen molar-refractivity contribution in [3.05, 3.63) is 21.9 Å². The molecular formula is C13H21NS. The molecule has 0 radical (unpaired) electrons. The third-order valence-corrected chi connectivity index (χ3v) is 4.57. The highest BCUT2D eigenvalue weighted by molar-refractivity contribution is 7.08. The molecule has 1 nitrogen and oxygen atoms in total. The van der Waals surface area contributed by atoms with E-state index in [-0.39, 0.29) is 0 Å². The number of nitrogens with one attached hydrogen (secondary N) is 1. The quantitative estimate of drug-likeness (QED) is 0.822. The maximum Gasteiger partial charge on any atom is 0.0218 e. The number of thiophene rings is 1. The number of hydrogen-bond acceptors (Lipinski definition) is 2. The molecule has 0 saturated heterocycles. The maximum absolute atomic E-state index is 3.65. The van der Waals surface area contributed by atoms with E-state index in [2.05, 4.69) is 36.8 Å². The standard InChI is InChI=1S/C13H21NS/c1-9(2)11-4-13(5-11)14-6-12-8-15-7-10(12)3/h7-9,11,13-14H,4-6H2,1-3H3. The summed E-state index contributed by atoms with van der Waals surface area (Å²) >= 11 is 1.81. The van der Waals surface area contributed by atoms with Crippen LogP contribution in [-0.2, 0) is 6.54 Å². The van der Waals surface area contributed by atoms with Crippen molar-refractivity contribution >= 4 is 11.3 Å². The summed E-state index contributed by atoms with van der Waals surface area (Å²) in [6.45, 7) is 7.93. The Hall–Kier alpha value is -0.340. The van der Waals surface area contributed by atoms with Crippen molar-refractivity contribution in [3.63, 3.8) is 0 Å². The van der Waals surface area contributed by atoms with Crippen molar-refractivity contribution in [1.82, 2.24) is 5.32 Å². The highest BCUT2D eigenvalue weighted by atomic mass is 32.1. The van der Waals surface area contributed by atoms with Crippen LogP contribution in [0.3, 0.4) is 0 Å². The fourth-order valence-electron chi connectivity index (χ4n) is 2.20. The summed E-state index contributed by atoms with van der Waals surface area (Å²) in [4.78, 5) is 0. The molecule has 0 aromatic carbocycles. The molecule has 0 atom stereocenters. The van der Waals surface area contributed by atoms with Gasteiger partial charge >= 0.3 is 0 Å². The van der Waals surface area contributed by atoms with Crippen molar-refractivity contribution in [2.45, 2.75) is 46.2 Å². The van der Waals surface area contributed by atoms with E-state index in [1.165, 1.54) is 24.0 Å². The molecule has 0 amide bonds. The van der Waals surface area contributed by atoms with Crippen LogP contribution in [0, 0.1) is 18.8 Å². The first-order valence-corrected chi connectivity index (χ1v) is 6.86. The molecule has 0 spiro atoms. The van der Waals surface area contributed by atoms with E-state index in [0.29, 0.717) is 0 Å². The van der Waals surface area contributed by atoms with Gasteiger partial charge in [-0.1, -0.05) is 13.8 Å². The molecule has 1 aromatic heterocycles. The van der Waals surface area contributed by atoms with Gasteiger partial charge in [0.25, 0.3) is 0 Å². The van der Waals surface area contributed by atoms with Crippen LogP contribution in [0.4, 0.5) is 0 Å². The second-order valence-corrected chi connectivity index (χ2v) is 5.88. The summed E-state index contributed by atoms with van der Waals surface area (Å²) in [7, 11) is 0. The molecule has 0 unspecified atom stereocenters. The predicted molar refractivity (Wildman–Crippen MR) is 67.2 cm³/mol. The largest absolute Gasteiger partial charge is 0.310 e. The van der Waals surface area contributed by atoms with E-state index in [1.54, 1.807) is 0 Å². The van der Waals surface area contributed by atoms with Gasteiger partial charge in [-0.25, -0.2) is 0 Å². The Morgan fingerprint density at radius 3 is 2.67 bits per heavy atom. The van der Waals surface area contributed by atoms with Crippen molar-refractivity contribution in [2.24, 2.45) is 11.8 Å². The minimum absolute atomic E-state index is 0.775. The van der Waals surface area contributed by atoms with Crippen LogP contribution in [0.2, 0.25) is 0 Å². The first-order valence-electron chi connectivity index (χ1n) is 5.92. The third-order valence-electron chi connectivity index (χ3n) is 3.66. The fraction of sp³-hybridized carbons (Fsp3) is 0.692. The van der Waals surface area contributed by atoms with Gasteiger partial charge in [-0.05, 0) is 53.5 Å². The van der Waals surface area contributed by atoms with Gasteiger partial charge in [0.05, 0.1) is 0 Å². The summed E-state index contributed by atoms with van der Waals surface area (Å²) < 4.78 is 0. The zero-order valence-electron chi connectivity index (χ0n) is 9.92. The van der Waals surface area contributed by atoms with Gasteiger partial charge < -0.3 is 5.32 Å². The van der Waals surface area contributed by atoms with E-state index in [9.17, 15) is 0 Å². The monoisotopic (exact) mass is 223 g/mol. The van der Waals surface area contributed by atoms with Gasteiger partial charge in [0.1, 0.15) is 0 Å². The lowest BCUT2D eigenvalue weighted by molar-refractivity contribution is 0.167. The molecule has 2 heteroatoms. The summed E-state index contributed by atoms with van der Waals surface area (Å²) in [6, 6.07) is 0.775. The van der Waals surface area contributed by atoms with E-state index < -0.39 is 0 Å². The lowest BCUT2D eigenvalue weighted by atomic mass is 9.73. The van der Waals surface area contributed by atoms with Gasteiger partial charge in [-0.3, -0.25) is 0 Å². The molecule has 0 bridgehead atoms.